The maximum Gasteiger partial charge on any atom is 0.257 e. The predicted molar refractivity (Wildman–Crippen MR) is 104 cm³/mol. The lowest BCUT2D eigenvalue weighted by Gasteiger charge is -2.14. The first-order chi connectivity index (χ1) is 13.1. The number of rotatable bonds is 10. The van der Waals surface area contributed by atoms with Gasteiger partial charge in [-0.2, -0.15) is 0 Å². The van der Waals surface area contributed by atoms with Gasteiger partial charge in [0, 0.05) is 12.1 Å². The second-order valence-corrected chi connectivity index (χ2v) is 5.81. The molecule has 0 aliphatic carbocycles. The van der Waals surface area contributed by atoms with E-state index >= 15 is 0 Å². The Labute approximate surface area is 159 Å². The minimum absolute atomic E-state index is 0.354. The Morgan fingerprint density at radius 1 is 0.963 bits per heavy atom. The van der Waals surface area contributed by atoms with Crippen LogP contribution in [0.1, 0.15) is 36.5 Å². The van der Waals surface area contributed by atoms with Crippen LogP contribution in [-0.4, -0.2) is 44.0 Å². The summed E-state index contributed by atoms with van der Waals surface area (Å²) in [5.41, 5.74) is 0.355. The first-order valence-electron chi connectivity index (χ1n) is 8.81. The summed E-state index contributed by atoms with van der Waals surface area (Å²) in [5, 5.41) is 14.0. The van der Waals surface area contributed by atoms with Gasteiger partial charge in [0.2, 0.25) is 5.75 Å². The summed E-state index contributed by atoms with van der Waals surface area (Å²) < 4.78 is 15.8. The largest absolute Gasteiger partial charge is 0.493 e. The van der Waals surface area contributed by atoms with Crippen LogP contribution in [0.25, 0.3) is 0 Å². The van der Waals surface area contributed by atoms with Crippen molar-refractivity contribution >= 4 is 17.5 Å². The standard InChI is InChI=1S/C19H26N4O4/c1-5-6-7-10-20-16-8-9-17(23-22-16)21-19(24)13-11-14(25-2)18(27-4)15(12-13)26-3/h8-9,11-12H,5-7,10H2,1-4H3,(H,20,22)(H,21,23,24). The third kappa shape index (κ3) is 5.47. The maximum atomic E-state index is 12.5. The van der Waals surface area contributed by atoms with Crippen LogP contribution < -0.4 is 24.8 Å². The van der Waals surface area contributed by atoms with Crippen LogP contribution in [-0.2, 0) is 0 Å². The van der Waals surface area contributed by atoms with Crippen LogP contribution in [0.5, 0.6) is 17.2 Å². The Morgan fingerprint density at radius 3 is 2.11 bits per heavy atom. The van der Waals surface area contributed by atoms with E-state index in [1.807, 2.05) is 0 Å². The molecule has 2 aromatic rings. The van der Waals surface area contributed by atoms with Crippen molar-refractivity contribution in [1.82, 2.24) is 10.2 Å². The first-order valence-corrected chi connectivity index (χ1v) is 8.81. The van der Waals surface area contributed by atoms with Gasteiger partial charge in [0.25, 0.3) is 5.91 Å². The number of benzene rings is 1. The number of aromatic nitrogens is 2. The number of amides is 1. The van der Waals surface area contributed by atoms with Crippen molar-refractivity contribution in [2.45, 2.75) is 26.2 Å². The van der Waals surface area contributed by atoms with Gasteiger partial charge >= 0.3 is 0 Å². The van der Waals surface area contributed by atoms with Gasteiger partial charge in [-0.1, -0.05) is 19.8 Å². The molecule has 1 aromatic heterocycles. The molecule has 1 amide bonds. The highest BCUT2D eigenvalue weighted by molar-refractivity contribution is 6.04. The smallest absolute Gasteiger partial charge is 0.257 e. The zero-order chi connectivity index (χ0) is 19.6. The monoisotopic (exact) mass is 374 g/mol. The lowest BCUT2D eigenvalue weighted by molar-refractivity contribution is 0.102. The molecular weight excluding hydrogens is 348 g/mol. The van der Waals surface area contributed by atoms with E-state index in [1.165, 1.54) is 34.2 Å². The molecular formula is C19H26N4O4. The van der Waals surface area contributed by atoms with Crippen molar-refractivity contribution in [2.75, 3.05) is 38.5 Å². The summed E-state index contributed by atoms with van der Waals surface area (Å²) in [6.45, 7) is 3.00. The third-order valence-electron chi connectivity index (χ3n) is 3.92. The van der Waals surface area contributed by atoms with Crippen molar-refractivity contribution in [3.05, 3.63) is 29.8 Å². The number of hydrogen-bond donors (Lipinski definition) is 2. The predicted octanol–water partition coefficient (Wildman–Crippen LogP) is 3.36. The van der Waals surface area contributed by atoms with Gasteiger partial charge in [0.1, 0.15) is 5.82 Å². The van der Waals surface area contributed by atoms with E-state index in [-0.39, 0.29) is 5.91 Å². The number of carbonyl (C=O) groups is 1. The van der Waals surface area contributed by atoms with Crippen molar-refractivity contribution in [3.63, 3.8) is 0 Å². The van der Waals surface area contributed by atoms with Crippen molar-refractivity contribution < 1.29 is 19.0 Å². The van der Waals surface area contributed by atoms with E-state index < -0.39 is 0 Å². The van der Waals surface area contributed by atoms with Crippen LogP contribution in [0.2, 0.25) is 0 Å². The number of nitrogens with zero attached hydrogens (tertiary/aromatic N) is 2. The number of methoxy groups -OCH3 is 3. The summed E-state index contributed by atoms with van der Waals surface area (Å²) in [6.07, 6.45) is 3.42. The summed E-state index contributed by atoms with van der Waals surface area (Å²) in [7, 11) is 4.50. The van der Waals surface area contributed by atoms with Gasteiger partial charge < -0.3 is 24.8 Å². The molecule has 2 rings (SSSR count). The van der Waals surface area contributed by atoms with E-state index in [2.05, 4.69) is 27.8 Å². The van der Waals surface area contributed by atoms with E-state index in [0.29, 0.717) is 34.4 Å². The van der Waals surface area contributed by atoms with Crippen LogP contribution >= 0.6 is 0 Å². The molecule has 0 saturated heterocycles. The van der Waals surface area contributed by atoms with Crippen LogP contribution in [0, 0.1) is 0 Å². The third-order valence-corrected chi connectivity index (χ3v) is 3.92. The molecule has 146 valence electrons. The molecule has 0 unspecified atom stereocenters. The molecule has 8 nitrogen and oxygen atoms in total. The van der Waals surface area contributed by atoms with Crippen LogP contribution in [0.4, 0.5) is 11.6 Å². The SMILES string of the molecule is CCCCCNc1ccc(NC(=O)c2cc(OC)c(OC)c(OC)c2)nn1. The molecule has 8 heteroatoms. The van der Waals surface area contributed by atoms with Crippen molar-refractivity contribution in [2.24, 2.45) is 0 Å². The summed E-state index contributed by atoms with van der Waals surface area (Å²) in [5.74, 6) is 1.91. The summed E-state index contributed by atoms with van der Waals surface area (Å²) in [4.78, 5) is 12.5. The van der Waals surface area contributed by atoms with Crippen LogP contribution in [0.3, 0.4) is 0 Å². The fourth-order valence-electron chi connectivity index (χ4n) is 2.49. The lowest BCUT2D eigenvalue weighted by Crippen LogP contribution is -2.14. The summed E-state index contributed by atoms with van der Waals surface area (Å²) in [6, 6.07) is 6.64. The first kappa shape index (κ1) is 20.3. The zero-order valence-corrected chi connectivity index (χ0v) is 16.2. The number of unbranched alkanes of at least 4 members (excludes halogenated alkanes) is 2. The van der Waals surface area contributed by atoms with Crippen molar-refractivity contribution in [3.8, 4) is 17.2 Å². The van der Waals surface area contributed by atoms with Gasteiger partial charge in [-0.15, -0.1) is 10.2 Å². The van der Waals surface area contributed by atoms with E-state index in [0.717, 1.165) is 13.0 Å². The fraction of sp³-hybridized carbons (Fsp3) is 0.421. The number of ether oxygens (including phenoxy) is 3. The van der Waals surface area contributed by atoms with Gasteiger partial charge in [-0.25, -0.2) is 0 Å². The molecule has 0 radical (unpaired) electrons. The Kier molecular flexibility index (Phi) is 7.66. The fourth-order valence-corrected chi connectivity index (χ4v) is 2.49. The second kappa shape index (κ2) is 10.2. The van der Waals surface area contributed by atoms with Crippen LogP contribution in [0.15, 0.2) is 24.3 Å². The molecule has 1 heterocycles. The highest BCUT2D eigenvalue weighted by Gasteiger charge is 2.17. The second-order valence-electron chi connectivity index (χ2n) is 5.81. The number of carbonyl (C=O) groups excluding carboxylic acids is 1. The zero-order valence-electron chi connectivity index (χ0n) is 16.2. The van der Waals surface area contributed by atoms with Gasteiger partial charge in [-0.3, -0.25) is 4.79 Å². The summed E-state index contributed by atoms with van der Waals surface area (Å²) >= 11 is 0. The molecule has 0 atom stereocenters. The Hall–Kier alpha value is -3.03. The lowest BCUT2D eigenvalue weighted by atomic mass is 10.1. The number of nitrogens with one attached hydrogen (secondary N) is 2. The Morgan fingerprint density at radius 2 is 1.59 bits per heavy atom. The number of hydrogen-bond acceptors (Lipinski definition) is 7. The molecule has 0 aliphatic rings. The highest BCUT2D eigenvalue weighted by atomic mass is 16.5. The number of anilines is 2. The molecule has 0 aliphatic heterocycles. The minimum atomic E-state index is -0.354. The molecule has 0 saturated carbocycles. The maximum absolute atomic E-state index is 12.5. The highest BCUT2D eigenvalue weighted by Crippen LogP contribution is 2.38. The van der Waals surface area contributed by atoms with Crippen molar-refractivity contribution in [1.29, 1.82) is 0 Å². The molecule has 0 spiro atoms. The quantitative estimate of drug-likeness (QED) is 0.616. The molecule has 27 heavy (non-hydrogen) atoms. The average Bonchev–Trinajstić information content (AvgIpc) is 2.71. The van der Waals surface area contributed by atoms with E-state index in [1.54, 1.807) is 24.3 Å². The average molecular weight is 374 g/mol. The molecule has 2 N–H and O–H groups in total. The minimum Gasteiger partial charge on any atom is -0.493 e. The Balaban J connectivity index is 2.06. The van der Waals surface area contributed by atoms with E-state index in [4.69, 9.17) is 14.2 Å². The topological polar surface area (TPSA) is 94.6 Å². The Bertz CT molecular complexity index is 725. The van der Waals surface area contributed by atoms with Gasteiger partial charge in [0.05, 0.1) is 21.3 Å². The molecule has 0 bridgehead atoms. The van der Waals surface area contributed by atoms with Gasteiger partial charge in [-0.05, 0) is 30.7 Å². The molecule has 1 aromatic carbocycles. The van der Waals surface area contributed by atoms with E-state index in [9.17, 15) is 4.79 Å². The molecule has 0 fully saturated rings. The van der Waals surface area contributed by atoms with Gasteiger partial charge in [0.15, 0.2) is 17.3 Å². The normalized spacial score (nSPS) is 10.2.